The van der Waals surface area contributed by atoms with E-state index in [0.717, 1.165) is 0 Å². The van der Waals surface area contributed by atoms with Gasteiger partial charge in [-0.2, -0.15) is 0 Å². The number of rotatable bonds is 6. The molecule has 0 atom stereocenters. The van der Waals surface area contributed by atoms with E-state index < -0.39 is 84.1 Å². The second-order valence-electron chi connectivity index (χ2n) is 4.82. The van der Waals surface area contributed by atoms with Gasteiger partial charge in [0.05, 0.1) is 0 Å². The molecule has 0 saturated carbocycles. The van der Waals surface area contributed by atoms with Gasteiger partial charge in [-0.15, -0.1) is 0 Å². The van der Waals surface area contributed by atoms with Crippen molar-refractivity contribution in [3.05, 3.63) is 65.0 Å². The van der Waals surface area contributed by atoms with E-state index in [0.29, 0.717) is 0 Å². The summed E-state index contributed by atoms with van der Waals surface area (Å²) in [6, 6.07) is 0. The van der Waals surface area contributed by atoms with Crippen molar-refractivity contribution in [3.8, 4) is 0 Å². The fraction of sp³-hybridized carbons (Fsp3) is 0. The second-order valence-corrected chi connectivity index (χ2v) is 4.82. The van der Waals surface area contributed by atoms with Crippen LogP contribution in [-0.2, 0) is 9.31 Å². The van der Waals surface area contributed by atoms with E-state index in [1.54, 1.807) is 0 Å². The molecule has 2 nitrogen and oxygen atoms in total. The minimum Gasteiger partial charge on any atom is -0.408 e. The lowest BCUT2D eigenvalue weighted by Crippen LogP contribution is -2.31. The Kier molecular flexibility index (Phi) is 6.42. The van der Waals surface area contributed by atoms with Crippen molar-refractivity contribution in [3.63, 3.8) is 0 Å². The number of hydrogen-bond acceptors (Lipinski definition) is 2. The first-order valence-electron chi connectivity index (χ1n) is 6.65. The molecule has 2 rings (SSSR count). The van der Waals surface area contributed by atoms with Crippen molar-refractivity contribution in [1.29, 1.82) is 0 Å². The Morgan fingerprint density at radius 3 is 0.889 bits per heavy atom. The van der Waals surface area contributed by atoms with Crippen LogP contribution >= 0.6 is 0 Å². The van der Waals surface area contributed by atoms with Crippen LogP contribution in [0.5, 0.6) is 0 Å². The lowest BCUT2D eigenvalue weighted by Gasteiger charge is -2.09. The molecule has 0 fully saturated rings. The molecular formula is C13H3B2F10O2. The van der Waals surface area contributed by atoms with E-state index in [1.807, 2.05) is 0 Å². The molecular weight excluding hydrogens is 400 g/mol. The molecule has 0 aromatic heterocycles. The first kappa shape index (κ1) is 21.1. The van der Waals surface area contributed by atoms with E-state index >= 15 is 0 Å². The summed E-state index contributed by atoms with van der Waals surface area (Å²) < 4.78 is 139. The first-order chi connectivity index (χ1) is 12.6. The van der Waals surface area contributed by atoms with Gasteiger partial charge in [-0.3, -0.25) is 0 Å². The largest absolute Gasteiger partial charge is 0.408 e. The summed E-state index contributed by atoms with van der Waals surface area (Å²) in [5, 5.41) is 0. The molecule has 2 aromatic rings. The normalized spacial score (nSPS) is 11.0. The SMILES string of the molecule is Fc1c(F)c(F)c(BO[CH]OBc2c(F)c(F)c(F)c(F)c2F)c(F)c1F. The number of benzene rings is 2. The standard InChI is InChI=1S/C13H3B2F10O2/c16-4-2(5(17)9(21)12(24)8(4)20)14-26-1-27-15-3-6(18)10(22)13(25)11(23)7(3)19/h1,14-15H. The van der Waals surface area contributed by atoms with Crippen molar-refractivity contribution in [2.75, 3.05) is 0 Å². The molecule has 0 saturated heterocycles. The summed E-state index contributed by atoms with van der Waals surface area (Å²) in [6.45, 7) is 0.163. The van der Waals surface area contributed by atoms with E-state index in [1.165, 1.54) is 0 Å². The number of hydrogen-bond donors (Lipinski definition) is 0. The van der Waals surface area contributed by atoms with E-state index in [4.69, 9.17) is 0 Å². The molecule has 27 heavy (non-hydrogen) atoms. The smallest absolute Gasteiger partial charge is 0.318 e. The van der Waals surface area contributed by atoms with E-state index in [9.17, 15) is 43.9 Å². The van der Waals surface area contributed by atoms with Crippen LogP contribution in [0, 0.1) is 65.0 Å². The summed E-state index contributed by atoms with van der Waals surface area (Å²) >= 11 is 0. The van der Waals surface area contributed by atoms with Crippen LogP contribution in [0.1, 0.15) is 0 Å². The van der Waals surface area contributed by atoms with E-state index in [2.05, 4.69) is 9.31 Å². The number of halogens is 10. The topological polar surface area (TPSA) is 18.5 Å². The van der Waals surface area contributed by atoms with Gasteiger partial charge in [0.2, 0.25) is 0 Å². The third-order valence-corrected chi connectivity index (χ3v) is 3.19. The van der Waals surface area contributed by atoms with Crippen LogP contribution in [0.3, 0.4) is 0 Å². The minimum atomic E-state index is -2.39. The molecule has 0 N–H and O–H groups in total. The molecule has 1 radical (unpaired) electrons. The fourth-order valence-electron chi connectivity index (χ4n) is 1.84. The zero-order valence-electron chi connectivity index (χ0n) is 12.6. The Bertz CT molecular complexity index is 763. The monoisotopic (exact) mass is 403 g/mol. The van der Waals surface area contributed by atoms with Crippen LogP contribution in [0.2, 0.25) is 0 Å². The Balaban J connectivity index is 2.02. The zero-order valence-corrected chi connectivity index (χ0v) is 12.6. The summed E-state index contributed by atoms with van der Waals surface area (Å²) in [5.74, 6) is -22.4. The highest BCUT2D eigenvalue weighted by Crippen LogP contribution is 2.17. The zero-order chi connectivity index (χ0) is 20.5. The predicted octanol–water partition coefficient (Wildman–Crippen LogP) is 1.88. The van der Waals surface area contributed by atoms with Gasteiger partial charge in [0.25, 0.3) is 0 Å². The Morgan fingerprint density at radius 2 is 0.630 bits per heavy atom. The molecule has 0 spiro atoms. The van der Waals surface area contributed by atoms with Gasteiger partial charge in [0.15, 0.2) is 65.0 Å². The van der Waals surface area contributed by atoms with Crippen LogP contribution in [0.4, 0.5) is 43.9 Å². The fourth-order valence-corrected chi connectivity index (χ4v) is 1.84. The average molecular weight is 403 g/mol. The maximum absolute atomic E-state index is 13.3. The highest BCUT2D eigenvalue weighted by atomic mass is 19.2. The van der Waals surface area contributed by atoms with Crippen molar-refractivity contribution in [1.82, 2.24) is 0 Å². The maximum Gasteiger partial charge on any atom is 0.318 e. The average Bonchev–Trinajstić information content (AvgIpc) is 2.66. The molecule has 0 aliphatic heterocycles. The summed E-state index contributed by atoms with van der Waals surface area (Å²) in [5.41, 5.74) is -2.75. The minimum absolute atomic E-state index is 0.163. The summed E-state index contributed by atoms with van der Waals surface area (Å²) in [7, 11) is -2.49. The van der Waals surface area contributed by atoms with Crippen molar-refractivity contribution >= 4 is 25.9 Å². The van der Waals surface area contributed by atoms with Crippen LogP contribution < -0.4 is 10.9 Å². The highest BCUT2D eigenvalue weighted by Gasteiger charge is 2.28. The molecule has 0 aliphatic rings. The molecule has 0 aliphatic carbocycles. The highest BCUT2D eigenvalue weighted by molar-refractivity contribution is 6.48. The Morgan fingerprint density at radius 1 is 0.407 bits per heavy atom. The van der Waals surface area contributed by atoms with Crippen LogP contribution in [0.25, 0.3) is 0 Å². The summed E-state index contributed by atoms with van der Waals surface area (Å²) in [4.78, 5) is 0. The first-order valence-corrected chi connectivity index (χ1v) is 6.65. The van der Waals surface area contributed by atoms with Crippen molar-refractivity contribution in [2.24, 2.45) is 0 Å². The van der Waals surface area contributed by atoms with Gasteiger partial charge >= 0.3 is 15.0 Å². The van der Waals surface area contributed by atoms with Crippen LogP contribution in [-0.4, -0.2) is 15.0 Å². The Hall–Kier alpha value is -2.21. The van der Waals surface area contributed by atoms with Crippen LogP contribution in [0.15, 0.2) is 0 Å². The quantitative estimate of drug-likeness (QED) is 0.241. The van der Waals surface area contributed by atoms with Gasteiger partial charge in [0.1, 0.15) is 0 Å². The molecule has 0 heterocycles. The molecule has 0 unspecified atom stereocenters. The van der Waals surface area contributed by atoms with Crippen molar-refractivity contribution < 1.29 is 53.2 Å². The predicted molar refractivity (Wildman–Crippen MR) is 72.5 cm³/mol. The molecule has 14 heteroatoms. The van der Waals surface area contributed by atoms with E-state index in [-0.39, 0.29) is 6.79 Å². The van der Waals surface area contributed by atoms with Gasteiger partial charge in [0, 0.05) is 10.9 Å². The molecule has 143 valence electrons. The Labute approximate surface area is 145 Å². The van der Waals surface area contributed by atoms with Gasteiger partial charge in [-0.1, -0.05) is 0 Å². The molecule has 0 amide bonds. The lowest BCUT2D eigenvalue weighted by molar-refractivity contribution is 0.229. The van der Waals surface area contributed by atoms with Gasteiger partial charge < -0.3 is 9.31 Å². The van der Waals surface area contributed by atoms with Gasteiger partial charge in [-0.25, -0.2) is 43.9 Å². The molecule has 2 aromatic carbocycles. The second kappa shape index (κ2) is 8.21. The lowest BCUT2D eigenvalue weighted by atomic mass is 9.86. The maximum atomic E-state index is 13.3. The molecule has 0 bridgehead atoms. The van der Waals surface area contributed by atoms with Crippen molar-refractivity contribution in [2.45, 2.75) is 0 Å². The summed E-state index contributed by atoms with van der Waals surface area (Å²) in [6.07, 6.45) is 0. The van der Waals surface area contributed by atoms with Gasteiger partial charge in [-0.05, 0) is 0 Å². The third-order valence-electron chi connectivity index (χ3n) is 3.19. The third kappa shape index (κ3) is 3.90.